The summed E-state index contributed by atoms with van der Waals surface area (Å²) in [7, 11) is -2.20. The van der Waals surface area contributed by atoms with Crippen LogP contribution in [0.2, 0.25) is 0 Å². The first-order valence-corrected chi connectivity index (χ1v) is 12.4. The monoisotopic (exact) mass is 482 g/mol. The molecule has 1 N–H and O–H groups in total. The van der Waals surface area contributed by atoms with Gasteiger partial charge in [-0.1, -0.05) is 0 Å². The topological polar surface area (TPSA) is 106 Å². The first kappa shape index (κ1) is 21.4. The molecular formula is C23H23FN6O3S. The van der Waals surface area contributed by atoms with Gasteiger partial charge in [0.15, 0.2) is 0 Å². The van der Waals surface area contributed by atoms with Crippen molar-refractivity contribution in [3.05, 3.63) is 65.7 Å². The Morgan fingerprint density at radius 2 is 1.94 bits per heavy atom. The number of hydrogen-bond acceptors (Lipinski definition) is 6. The molecule has 3 heterocycles. The first-order valence-electron chi connectivity index (χ1n) is 11.0. The van der Waals surface area contributed by atoms with Crippen molar-refractivity contribution in [1.82, 2.24) is 29.1 Å². The van der Waals surface area contributed by atoms with Gasteiger partial charge in [-0.3, -0.25) is 0 Å². The molecule has 176 valence electrons. The Morgan fingerprint density at radius 1 is 1.18 bits per heavy atom. The highest BCUT2D eigenvalue weighted by atomic mass is 32.2. The number of aliphatic hydroxyl groups is 1. The molecule has 1 saturated heterocycles. The molecule has 2 aromatic carbocycles. The molecule has 0 radical (unpaired) electrons. The zero-order valence-corrected chi connectivity index (χ0v) is 19.4. The number of aryl methyl sites for hydroxylation is 2. The number of aromatic nitrogens is 5. The lowest BCUT2D eigenvalue weighted by atomic mass is 9.88. The summed E-state index contributed by atoms with van der Waals surface area (Å²) in [6.07, 6.45) is 3.02. The first-order chi connectivity index (χ1) is 16.3. The van der Waals surface area contributed by atoms with Crippen molar-refractivity contribution in [3.8, 4) is 5.69 Å². The van der Waals surface area contributed by atoms with Crippen LogP contribution in [0.3, 0.4) is 0 Å². The number of piperidine rings is 1. The highest BCUT2D eigenvalue weighted by Gasteiger charge is 2.71. The van der Waals surface area contributed by atoms with E-state index in [4.69, 9.17) is 0 Å². The zero-order valence-electron chi connectivity index (χ0n) is 18.6. The van der Waals surface area contributed by atoms with E-state index < -0.39 is 15.4 Å². The van der Waals surface area contributed by atoms with Crippen molar-refractivity contribution in [2.45, 2.75) is 17.4 Å². The van der Waals surface area contributed by atoms with Crippen molar-refractivity contribution in [1.29, 1.82) is 0 Å². The fraction of sp³-hybridized carbons (Fsp3) is 0.348. The maximum Gasteiger partial charge on any atom is 0.264 e. The average molecular weight is 483 g/mol. The average Bonchev–Trinajstić information content (AvgIpc) is 3.26. The molecule has 4 aromatic rings. The SMILES string of the molecule is Cc1cc2c(cnn2-c2ccc(F)cc2)cc1[C@@]12CN(S(=O)(=O)c3cnn(C)n3)C[C@@H]1[C@H]2CO. The van der Waals surface area contributed by atoms with E-state index in [9.17, 15) is 17.9 Å². The van der Waals surface area contributed by atoms with Crippen molar-refractivity contribution >= 4 is 20.9 Å². The fourth-order valence-electron chi connectivity index (χ4n) is 5.71. The van der Waals surface area contributed by atoms with Crippen LogP contribution >= 0.6 is 0 Å². The molecule has 0 unspecified atom stereocenters. The molecule has 6 rings (SSSR count). The van der Waals surface area contributed by atoms with Gasteiger partial charge in [-0.25, -0.2) is 17.5 Å². The third kappa shape index (κ3) is 2.90. The Balaban J connectivity index is 1.40. The molecule has 2 fully saturated rings. The minimum atomic E-state index is -3.78. The van der Waals surface area contributed by atoms with Gasteiger partial charge in [0.1, 0.15) is 5.82 Å². The molecule has 0 amide bonds. The van der Waals surface area contributed by atoms with E-state index in [1.165, 1.54) is 27.4 Å². The second-order valence-corrected chi connectivity index (χ2v) is 11.0. The maximum absolute atomic E-state index is 13.4. The molecule has 34 heavy (non-hydrogen) atoms. The zero-order chi connectivity index (χ0) is 23.8. The Labute approximate surface area is 195 Å². The molecule has 1 aliphatic carbocycles. The maximum atomic E-state index is 13.4. The smallest absolute Gasteiger partial charge is 0.264 e. The van der Waals surface area contributed by atoms with Crippen LogP contribution in [-0.2, 0) is 22.5 Å². The number of hydrogen-bond donors (Lipinski definition) is 1. The van der Waals surface area contributed by atoms with E-state index in [0.717, 1.165) is 27.7 Å². The molecule has 11 heteroatoms. The van der Waals surface area contributed by atoms with E-state index >= 15 is 0 Å². The standard InChI is InChI=1S/C23H23FN6O3S/c1-14-7-21-15(9-26-30(21)17-5-3-16(24)4-6-17)8-18(14)23-13-29(11-19(23)20(23)12-31)34(32,33)22-10-25-28(2)27-22/h3-10,19-20,31H,11-13H2,1-2H3/t19-,20-,23+/m1/s1. The second kappa shape index (κ2) is 7.17. The minimum Gasteiger partial charge on any atom is -0.396 e. The summed E-state index contributed by atoms with van der Waals surface area (Å²) in [5.41, 5.74) is 3.20. The highest BCUT2D eigenvalue weighted by molar-refractivity contribution is 7.89. The lowest BCUT2D eigenvalue weighted by Crippen LogP contribution is -2.35. The number of fused-ring (bicyclic) bond motifs is 2. The summed E-state index contributed by atoms with van der Waals surface area (Å²) in [5.74, 6) is -0.300. The number of nitrogens with zero attached hydrogens (tertiary/aromatic N) is 6. The number of halogens is 1. The Hall–Kier alpha value is -3.15. The van der Waals surface area contributed by atoms with E-state index in [0.29, 0.717) is 6.54 Å². The molecule has 1 saturated carbocycles. The van der Waals surface area contributed by atoms with Crippen LogP contribution in [0.25, 0.3) is 16.6 Å². The summed E-state index contributed by atoms with van der Waals surface area (Å²) in [4.78, 5) is 1.23. The van der Waals surface area contributed by atoms with Gasteiger partial charge in [-0.15, -0.1) is 5.10 Å². The largest absolute Gasteiger partial charge is 0.396 e. The lowest BCUT2D eigenvalue weighted by Gasteiger charge is -2.24. The normalized spacial score (nSPS) is 24.6. The van der Waals surface area contributed by atoms with Gasteiger partial charge in [0.05, 0.1) is 23.6 Å². The van der Waals surface area contributed by atoms with Gasteiger partial charge in [0.25, 0.3) is 10.0 Å². The predicted octanol–water partition coefficient (Wildman–Crippen LogP) is 1.78. The van der Waals surface area contributed by atoms with Crippen LogP contribution in [0, 0.1) is 24.6 Å². The van der Waals surface area contributed by atoms with E-state index in [1.807, 2.05) is 13.0 Å². The summed E-state index contributed by atoms with van der Waals surface area (Å²) in [5, 5.41) is 23.3. The Bertz CT molecular complexity index is 1530. The van der Waals surface area contributed by atoms with Crippen LogP contribution in [0.4, 0.5) is 4.39 Å². The predicted molar refractivity (Wildman–Crippen MR) is 121 cm³/mol. The van der Waals surface area contributed by atoms with Gasteiger partial charge < -0.3 is 5.11 Å². The molecule has 0 bridgehead atoms. The summed E-state index contributed by atoms with van der Waals surface area (Å²) in [6.45, 7) is 2.60. The van der Waals surface area contributed by atoms with Gasteiger partial charge in [0.2, 0.25) is 5.03 Å². The molecular weight excluding hydrogens is 459 g/mol. The third-order valence-electron chi connectivity index (χ3n) is 7.40. The molecule has 2 aromatic heterocycles. The van der Waals surface area contributed by atoms with Crippen LogP contribution in [0.15, 0.2) is 53.8 Å². The number of sulfonamides is 1. The van der Waals surface area contributed by atoms with E-state index in [2.05, 4.69) is 21.4 Å². The number of benzene rings is 2. The van der Waals surface area contributed by atoms with E-state index in [-0.39, 0.29) is 35.8 Å². The molecule has 2 aliphatic rings. The number of rotatable bonds is 5. The number of aliphatic hydroxyl groups excluding tert-OH is 1. The molecule has 1 aliphatic heterocycles. The van der Waals surface area contributed by atoms with Gasteiger partial charge in [0, 0.05) is 37.5 Å². The summed E-state index contributed by atoms with van der Waals surface area (Å²) < 4.78 is 42.9. The van der Waals surface area contributed by atoms with Crippen molar-refractivity contribution in [2.24, 2.45) is 18.9 Å². The van der Waals surface area contributed by atoms with Crippen LogP contribution in [-0.4, -0.2) is 62.3 Å². The quantitative estimate of drug-likeness (QED) is 0.465. The second-order valence-electron chi connectivity index (χ2n) is 9.16. The van der Waals surface area contributed by atoms with Crippen LogP contribution in [0.1, 0.15) is 11.1 Å². The molecule has 9 nitrogen and oxygen atoms in total. The molecule has 3 atom stereocenters. The highest BCUT2D eigenvalue weighted by Crippen LogP contribution is 2.65. The molecule has 0 spiro atoms. The van der Waals surface area contributed by atoms with Crippen LogP contribution in [0.5, 0.6) is 0 Å². The lowest BCUT2D eigenvalue weighted by molar-refractivity contribution is 0.241. The van der Waals surface area contributed by atoms with Crippen LogP contribution < -0.4 is 0 Å². The van der Waals surface area contributed by atoms with Crippen molar-refractivity contribution in [3.63, 3.8) is 0 Å². The minimum absolute atomic E-state index is 0.00395. The van der Waals surface area contributed by atoms with E-state index in [1.54, 1.807) is 30.1 Å². The summed E-state index contributed by atoms with van der Waals surface area (Å²) in [6, 6.07) is 10.2. The van der Waals surface area contributed by atoms with Crippen molar-refractivity contribution < 1.29 is 17.9 Å². The van der Waals surface area contributed by atoms with Gasteiger partial charge in [-0.2, -0.15) is 19.3 Å². The Morgan fingerprint density at radius 3 is 2.62 bits per heavy atom. The summed E-state index contributed by atoms with van der Waals surface area (Å²) >= 11 is 0. The van der Waals surface area contributed by atoms with Gasteiger partial charge >= 0.3 is 0 Å². The fourth-order valence-corrected chi connectivity index (χ4v) is 7.12. The third-order valence-corrected chi connectivity index (χ3v) is 9.08. The van der Waals surface area contributed by atoms with Gasteiger partial charge in [-0.05, 0) is 66.3 Å². The van der Waals surface area contributed by atoms with Crippen molar-refractivity contribution in [2.75, 3.05) is 19.7 Å². The Kier molecular flexibility index (Phi) is 4.51.